The van der Waals surface area contributed by atoms with Crippen molar-refractivity contribution >= 4 is 0 Å². The number of hydrogen-bond donors (Lipinski definition) is 1. The smallest absolute Gasteiger partial charge is 0.146 e. The summed E-state index contributed by atoms with van der Waals surface area (Å²) in [7, 11) is 1.73. The molecule has 1 aliphatic rings. The second-order valence-electron chi connectivity index (χ2n) is 2.58. The van der Waals surface area contributed by atoms with Gasteiger partial charge in [-0.2, -0.15) is 5.26 Å². The average Bonchev–Trinajstić information content (AvgIpc) is 1.97. The molecule has 1 heterocycles. The molecule has 0 aromatic heterocycles. The molecule has 0 aromatic carbocycles. The van der Waals surface area contributed by atoms with Crippen molar-refractivity contribution in [2.75, 3.05) is 7.05 Å². The maximum atomic E-state index is 9.26. The van der Waals surface area contributed by atoms with E-state index in [1.165, 1.54) is 0 Å². The molecule has 0 amide bonds. The highest BCUT2D eigenvalue weighted by atomic mass is 16.3. The molecule has 1 rings (SSSR count). The van der Waals surface area contributed by atoms with Crippen molar-refractivity contribution in [3.8, 4) is 6.07 Å². The summed E-state index contributed by atoms with van der Waals surface area (Å²) in [5.74, 6) is 0. The normalized spacial score (nSPS) is 23.8. The number of aliphatic hydroxyl groups excluding tert-OH is 1. The zero-order valence-electron chi connectivity index (χ0n) is 6.57. The van der Waals surface area contributed by atoms with Crippen molar-refractivity contribution in [1.82, 2.24) is 4.90 Å². The Morgan fingerprint density at radius 2 is 2.36 bits per heavy atom. The zero-order chi connectivity index (χ0) is 8.43. The standard InChI is InChI=1S/C8H10N2O/c1-6-3-8(11)10(2)5-7(6)4-9/h3,5,8,11H,1-2H3. The number of hydrogen-bond acceptors (Lipinski definition) is 3. The fraction of sp³-hybridized carbons (Fsp3) is 0.375. The summed E-state index contributed by atoms with van der Waals surface area (Å²) in [6, 6.07) is 2.04. The first-order valence-corrected chi connectivity index (χ1v) is 3.36. The topological polar surface area (TPSA) is 47.3 Å². The minimum Gasteiger partial charge on any atom is -0.370 e. The highest BCUT2D eigenvalue weighted by Gasteiger charge is 2.13. The van der Waals surface area contributed by atoms with Crippen LogP contribution in [-0.4, -0.2) is 23.3 Å². The van der Waals surface area contributed by atoms with Crippen molar-refractivity contribution in [2.45, 2.75) is 13.2 Å². The predicted octanol–water partition coefficient (Wildman–Crippen LogP) is 0.604. The molecule has 0 aliphatic carbocycles. The maximum Gasteiger partial charge on any atom is 0.146 e. The Morgan fingerprint density at radius 1 is 1.73 bits per heavy atom. The van der Waals surface area contributed by atoms with Gasteiger partial charge in [0.05, 0.1) is 5.57 Å². The first-order valence-electron chi connectivity index (χ1n) is 3.36. The Balaban J connectivity index is 2.94. The van der Waals surface area contributed by atoms with E-state index in [0.29, 0.717) is 5.57 Å². The Hall–Kier alpha value is -1.27. The van der Waals surface area contributed by atoms with E-state index in [2.05, 4.69) is 0 Å². The molecule has 0 aromatic rings. The lowest BCUT2D eigenvalue weighted by Crippen LogP contribution is -2.27. The summed E-state index contributed by atoms with van der Waals surface area (Å²) >= 11 is 0. The van der Waals surface area contributed by atoms with Crippen molar-refractivity contribution in [1.29, 1.82) is 5.26 Å². The molecular weight excluding hydrogens is 140 g/mol. The van der Waals surface area contributed by atoms with Gasteiger partial charge in [-0.3, -0.25) is 0 Å². The highest BCUT2D eigenvalue weighted by molar-refractivity contribution is 5.42. The largest absolute Gasteiger partial charge is 0.370 e. The van der Waals surface area contributed by atoms with Crippen molar-refractivity contribution in [3.05, 3.63) is 23.4 Å². The number of allylic oxidation sites excluding steroid dienone is 2. The molecule has 1 N–H and O–H groups in total. The number of nitriles is 1. The van der Waals surface area contributed by atoms with Crippen molar-refractivity contribution in [2.24, 2.45) is 0 Å². The van der Waals surface area contributed by atoms with E-state index in [9.17, 15) is 5.11 Å². The third-order valence-electron chi connectivity index (χ3n) is 1.69. The SMILES string of the molecule is CC1=CC(O)N(C)C=C1C#N. The molecule has 0 radical (unpaired) electrons. The van der Waals surface area contributed by atoms with E-state index < -0.39 is 6.23 Å². The van der Waals surface area contributed by atoms with Crippen LogP contribution in [0.25, 0.3) is 0 Å². The van der Waals surface area contributed by atoms with E-state index in [-0.39, 0.29) is 0 Å². The first kappa shape index (κ1) is 7.83. The molecule has 1 unspecified atom stereocenters. The fourth-order valence-corrected chi connectivity index (χ4v) is 0.930. The van der Waals surface area contributed by atoms with E-state index in [1.807, 2.05) is 13.0 Å². The summed E-state index contributed by atoms with van der Waals surface area (Å²) in [5.41, 5.74) is 1.44. The fourth-order valence-electron chi connectivity index (χ4n) is 0.930. The van der Waals surface area contributed by atoms with Gasteiger partial charge < -0.3 is 10.0 Å². The van der Waals surface area contributed by atoms with E-state index in [0.717, 1.165) is 5.57 Å². The number of likely N-dealkylation sites (N-methyl/N-ethyl adjacent to an activating group) is 1. The highest BCUT2D eigenvalue weighted by Crippen LogP contribution is 2.16. The molecular formula is C8H10N2O. The van der Waals surface area contributed by atoms with Gasteiger partial charge in [0.1, 0.15) is 12.3 Å². The molecule has 3 nitrogen and oxygen atoms in total. The predicted molar refractivity (Wildman–Crippen MR) is 41.2 cm³/mol. The van der Waals surface area contributed by atoms with Crippen LogP contribution in [0.3, 0.4) is 0 Å². The van der Waals surface area contributed by atoms with E-state index in [1.54, 1.807) is 24.2 Å². The van der Waals surface area contributed by atoms with Crippen molar-refractivity contribution < 1.29 is 5.11 Å². The van der Waals surface area contributed by atoms with Gasteiger partial charge >= 0.3 is 0 Å². The summed E-state index contributed by atoms with van der Waals surface area (Å²) < 4.78 is 0. The van der Waals surface area contributed by atoms with Crippen LogP contribution in [-0.2, 0) is 0 Å². The second-order valence-corrected chi connectivity index (χ2v) is 2.58. The quantitative estimate of drug-likeness (QED) is 0.550. The Morgan fingerprint density at radius 3 is 2.91 bits per heavy atom. The van der Waals surface area contributed by atoms with Crippen LogP contribution >= 0.6 is 0 Å². The molecule has 0 saturated heterocycles. The summed E-state index contributed by atoms with van der Waals surface area (Å²) in [6.45, 7) is 1.81. The van der Waals surface area contributed by atoms with Gasteiger partial charge in [0.2, 0.25) is 0 Å². The molecule has 0 bridgehead atoms. The van der Waals surface area contributed by atoms with Crippen LogP contribution in [0, 0.1) is 11.3 Å². The Bertz CT molecular complexity index is 260. The van der Waals surface area contributed by atoms with Gasteiger partial charge in [-0.25, -0.2) is 0 Å². The molecule has 11 heavy (non-hydrogen) atoms. The second kappa shape index (κ2) is 2.77. The van der Waals surface area contributed by atoms with Crippen LogP contribution in [0.2, 0.25) is 0 Å². The molecule has 0 fully saturated rings. The lowest BCUT2D eigenvalue weighted by atomic mass is 10.1. The molecule has 0 saturated carbocycles. The van der Waals surface area contributed by atoms with E-state index in [4.69, 9.17) is 5.26 Å². The third kappa shape index (κ3) is 1.41. The molecule has 0 spiro atoms. The van der Waals surface area contributed by atoms with Gasteiger partial charge in [-0.05, 0) is 18.6 Å². The summed E-state index contributed by atoms with van der Waals surface area (Å²) in [5, 5.41) is 17.9. The molecule has 1 aliphatic heterocycles. The minimum absolute atomic E-state index is 0.591. The lowest BCUT2D eigenvalue weighted by molar-refractivity contribution is 0.0957. The molecule has 58 valence electrons. The van der Waals surface area contributed by atoms with Gasteiger partial charge in [0.25, 0.3) is 0 Å². The van der Waals surface area contributed by atoms with Gasteiger partial charge in [-0.15, -0.1) is 0 Å². The molecule has 1 atom stereocenters. The number of rotatable bonds is 0. The Labute approximate surface area is 65.9 Å². The molecule has 3 heteroatoms. The van der Waals surface area contributed by atoms with Gasteiger partial charge in [0, 0.05) is 13.2 Å². The monoisotopic (exact) mass is 150 g/mol. The maximum absolute atomic E-state index is 9.26. The number of nitrogens with zero attached hydrogens (tertiary/aromatic N) is 2. The lowest BCUT2D eigenvalue weighted by Gasteiger charge is -2.23. The van der Waals surface area contributed by atoms with Crippen LogP contribution in [0.4, 0.5) is 0 Å². The van der Waals surface area contributed by atoms with Crippen molar-refractivity contribution in [3.63, 3.8) is 0 Å². The van der Waals surface area contributed by atoms with Crippen LogP contribution in [0.1, 0.15) is 6.92 Å². The minimum atomic E-state index is -0.591. The zero-order valence-corrected chi connectivity index (χ0v) is 6.57. The van der Waals surface area contributed by atoms with Crippen LogP contribution in [0.15, 0.2) is 23.4 Å². The summed E-state index contributed by atoms with van der Waals surface area (Å²) in [6.07, 6.45) is 2.70. The van der Waals surface area contributed by atoms with Gasteiger partial charge in [0.15, 0.2) is 0 Å². The average molecular weight is 150 g/mol. The number of aliphatic hydroxyl groups is 1. The van der Waals surface area contributed by atoms with Gasteiger partial charge in [-0.1, -0.05) is 0 Å². The van der Waals surface area contributed by atoms with Crippen LogP contribution < -0.4 is 0 Å². The van der Waals surface area contributed by atoms with E-state index >= 15 is 0 Å². The summed E-state index contributed by atoms with van der Waals surface area (Å²) in [4.78, 5) is 1.59. The third-order valence-corrected chi connectivity index (χ3v) is 1.69. The Kier molecular flexibility index (Phi) is 1.97. The first-order chi connectivity index (χ1) is 5.15. The van der Waals surface area contributed by atoms with Crippen LogP contribution in [0.5, 0.6) is 0 Å².